The Kier molecular flexibility index (Phi) is 6.49. The highest BCUT2D eigenvalue weighted by atomic mass is 32.2. The average molecular weight is 463 g/mol. The summed E-state index contributed by atoms with van der Waals surface area (Å²) >= 11 is 1.66. The van der Waals surface area contributed by atoms with E-state index in [1.807, 2.05) is 84.9 Å². The molecular formula is C28H22N4OS. The van der Waals surface area contributed by atoms with Crippen LogP contribution in [-0.2, 0) is 11.2 Å². The summed E-state index contributed by atoms with van der Waals surface area (Å²) in [5.74, 6) is -0.0239. The number of hydrogen-bond acceptors (Lipinski definition) is 4. The Morgan fingerprint density at radius 2 is 1.68 bits per heavy atom. The molecule has 2 N–H and O–H groups in total. The molecule has 6 heteroatoms. The first-order valence-corrected chi connectivity index (χ1v) is 11.7. The van der Waals surface area contributed by atoms with E-state index in [1.54, 1.807) is 18.0 Å². The monoisotopic (exact) mass is 462 g/mol. The number of benzene rings is 3. The predicted octanol–water partition coefficient (Wildman–Crippen LogP) is 6.46. The van der Waals surface area contributed by atoms with E-state index in [1.165, 1.54) is 0 Å². The summed E-state index contributed by atoms with van der Waals surface area (Å²) in [6.45, 7) is 0. The standard InChI is InChI=1S/C28H22N4OS/c33-28(18-20-6-2-1-3-7-20)30-22-9-12-23(13-10-22)34-24-14-15-25-26(31-32-27(25)19-24)16-11-21-8-4-5-17-29-21/h1-17,19H,18H2,(H,30,33)(H,31,32)/b16-11+. The maximum atomic E-state index is 12.3. The van der Waals surface area contributed by atoms with Gasteiger partial charge in [0.25, 0.3) is 0 Å². The Labute approximate surface area is 202 Å². The van der Waals surface area contributed by atoms with Gasteiger partial charge in [-0.25, -0.2) is 0 Å². The molecule has 1 amide bonds. The normalized spacial score (nSPS) is 11.2. The van der Waals surface area contributed by atoms with E-state index in [-0.39, 0.29) is 5.91 Å². The third-order valence-corrected chi connectivity index (χ3v) is 6.24. The molecular weight excluding hydrogens is 440 g/mol. The number of nitrogens with zero attached hydrogens (tertiary/aromatic N) is 2. The first-order valence-electron chi connectivity index (χ1n) is 10.9. The van der Waals surface area contributed by atoms with Crippen LogP contribution in [0.25, 0.3) is 23.1 Å². The molecule has 0 unspecified atom stereocenters. The van der Waals surface area contributed by atoms with Gasteiger partial charge in [0.1, 0.15) is 0 Å². The highest BCUT2D eigenvalue weighted by Crippen LogP contribution is 2.31. The van der Waals surface area contributed by atoms with Crippen molar-refractivity contribution in [1.82, 2.24) is 15.2 Å². The molecule has 0 saturated heterocycles. The Hall–Kier alpha value is -4.16. The number of carbonyl (C=O) groups excluding carboxylic acids is 1. The van der Waals surface area contributed by atoms with Gasteiger partial charge in [0.2, 0.25) is 5.91 Å². The van der Waals surface area contributed by atoms with Crippen molar-refractivity contribution in [2.24, 2.45) is 0 Å². The highest BCUT2D eigenvalue weighted by Gasteiger charge is 2.07. The predicted molar refractivity (Wildman–Crippen MR) is 139 cm³/mol. The van der Waals surface area contributed by atoms with Crippen LogP contribution in [0, 0.1) is 0 Å². The van der Waals surface area contributed by atoms with Crippen molar-refractivity contribution in [3.8, 4) is 0 Å². The van der Waals surface area contributed by atoms with Gasteiger partial charge in [0.15, 0.2) is 0 Å². The molecule has 5 nitrogen and oxygen atoms in total. The lowest BCUT2D eigenvalue weighted by Crippen LogP contribution is -2.14. The molecule has 0 fully saturated rings. The molecule has 2 aromatic heterocycles. The number of amides is 1. The molecule has 0 aliphatic rings. The summed E-state index contributed by atoms with van der Waals surface area (Å²) in [6, 6.07) is 29.7. The minimum absolute atomic E-state index is 0.0239. The van der Waals surface area contributed by atoms with Crippen LogP contribution in [0.1, 0.15) is 17.0 Å². The summed E-state index contributed by atoms with van der Waals surface area (Å²) in [5, 5.41) is 11.6. The van der Waals surface area contributed by atoms with Crippen LogP contribution in [0.4, 0.5) is 5.69 Å². The van der Waals surface area contributed by atoms with E-state index in [4.69, 9.17) is 0 Å². The summed E-state index contributed by atoms with van der Waals surface area (Å²) in [4.78, 5) is 18.8. The van der Waals surface area contributed by atoms with Gasteiger partial charge < -0.3 is 5.32 Å². The number of carbonyl (C=O) groups is 1. The van der Waals surface area contributed by atoms with Crippen molar-refractivity contribution in [3.05, 3.63) is 114 Å². The first kappa shape index (κ1) is 21.7. The molecule has 3 aromatic carbocycles. The van der Waals surface area contributed by atoms with E-state index in [9.17, 15) is 4.79 Å². The van der Waals surface area contributed by atoms with Gasteiger partial charge in [-0.15, -0.1) is 0 Å². The van der Waals surface area contributed by atoms with E-state index >= 15 is 0 Å². The highest BCUT2D eigenvalue weighted by molar-refractivity contribution is 7.99. The van der Waals surface area contributed by atoms with Gasteiger partial charge in [0, 0.05) is 27.1 Å². The summed E-state index contributed by atoms with van der Waals surface area (Å²) in [6.07, 6.45) is 6.06. The van der Waals surface area contributed by atoms with Crippen molar-refractivity contribution in [2.45, 2.75) is 16.2 Å². The van der Waals surface area contributed by atoms with Crippen LogP contribution in [0.5, 0.6) is 0 Å². The maximum Gasteiger partial charge on any atom is 0.228 e. The molecule has 0 atom stereocenters. The number of H-pyrrole nitrogens is 1. The van der Waals surface area contributed by atoms with Gasteiger partial charge in [-0.1, -0.05) is 48.2 Å². The maximum absolute atomic E-state index is 12.3. The molecule has 0 aliphatic carbocycles. The molecule has 0 spiro atoms. The molecule has 2 heterocycles. The van der Waals surface area contributed by atoms with Crippen LogP contribution in [0.3, 0.4) is 0 Å². The molecule has 0 saturated carbocycles. The van der Waals surface area contributed by atoms with Gasteiger partial charge >= 0.3 is 0 Å². The van der Waals surface area contributed by atoms with Gasteiger partial charge in [-0.05, 0) is 72.3 Å². The van der Waals surface area contributed by atoms with Gasteiger partial charge in [-0.3, -0.25) is 14.9 Å². The van der Waals surface area contributed by atoms with Gasteiger partial charge in [0.05, 0.1) is 23.3 Å². The first-order chi connectivity index (χ1) is 16.7. The number of hydrogen-bond donors (Lipinski definition) is 2. The molecule has 0 bridgehead atoms. The van der Waals surface area contributed by atoms with Crippen LogP contribution in [0.15, 0.2) is 107 Å². The second kappa shape index (κ2) is 10.2. The number of rotatable bonds is 7. The number of fused-ring (bicyclic) bond motifs is 1. The number of aromatic nitrogens is 3. The molecule has 166 valence electrons. The lowest BCUT2D eigenvalue weighted by atomic mass is 10.1. The second-order valence-corrected chi connectivity index (χ2v) is 8.89. The number of aromatic amines is 1. The van der Waals surface area contributed by atoms with E-state index in [0.717, 1.165) is 43.3 Å². The zero-order valence-corrected chi connectivity index (χ0v) is 19.1. The van der Waals surface area contributed by atoms with Crippen LogP contribution < -0.4 is 5.32 Å². The third kappa shape index (κ3) is 5.42. The quantitative estimate of drug-likeness (QED) is 0.291. The van der Waals surface area contributed by atoms with E-state index in [2.05, 4.69) is 38.7 Å². The SMILES string of the molecule is O=C(Cc1ccccc1)Nc1ccc(Sc2ccc3c(/C=C/c4ccccn4)n[nH]c3c2)cc1. The van der Waals surface area contributed by atoms with Crippen LogP contribution in [0.2, 0.25) is 0 Å². The fraction of sp³-hybridized carbons (Fsp3) is 0.0357. The largest absolute Gasteiger partial charge is 0.326 e. The number of pyridine rings is 1. The Morgan fingerprint density at radius 3 is 2.47 bits per heavy atom. The molecule has 5 rings (SSSR count). The average Bonchev–Trinajstić information content (AvgIpc) is 3.27. The molecule has 5 aromatic rings. The zero-order valence-electron chi connectivity index (χ0n) is 18.3. The Bertz CT molecular complexity index is 1430. The Balaban J connectivity index is 1.22. The number of nitrogens with one attached hydrogen (secondary N) is 2. The van der Waals surface area contributed by atoms with Crippen LogP contribution in [-0.4, -0.2) is 21.1 Å². The topological polar surface area (TPSA) is 70.7 Å². The fourth-order valence-electron chi connectivity index (χ4n) is 3.58. The van der Waals surface area contributed by atoms with E-state index in [0.29, 0.717) is 6.42 Å². The number of anilines is 1. The lowest BCUT2D eigenvalue weighted by Gasteiger charge is -2.07. The third-order valence-electron chi connectivity index (χ3n) is 5.24. The van der Waals surface area contributed by atoms with Crippen molar-refractivity contribution < 1.29 is 4.79 Å². The minimum Gasteiger partial charge on any atom is -0.326 e. The molecule has 34 heavy (non-hydrogen) atoms. The fourth-order valence-corrected chi connectivity index (χ4v) is 4.44. The van der Waals surface area contributed by atoms with Crippen molar-refractivity contribution in [2.75, 3.05) is 5.32 Å². The lowest BCUT2D eigenvalue weighted by molar-refractivity contribution is -0.115. The summed E-state index contributed by atoms with van der Waals surface area (Å²) in [7, 11) is 0. The van der Waals surface area contributed by atoms with Crippen molar-refractivity contribution in [3.63, 3.8) is 0 Å². The molecule has 0 radical (unpaired) electrons. The summed E-state index contributed by atoms with van der Waals surface area (Å²) < 4.78 is 0. The minimum atomic E-state index is -0.0239. The van der Waals surface area contributed by atoms with Crippen molar-refractivity contribution >= 4 is 46.4 Å². The Morgan fingerprint density at radius 1 is 0.882 bits per heavy atom. The summed E-state index contributed by atoms with van der Waals surface area (Å²) in [5.41, 5.74) is 4.55. The van der Waals surface area contributed by atoms with Gasteiger partial charge in [-0.2, -0.15) is 5.10 Å². The smallest absolute Gasteiger partial charge is 0.228 e. The second-order valence-electron chi connectivity index (χ2n) is 7.74. The molecule has 0 aliphatic heterocycles. The van der Waals surface area contributed by atoms with Crippen molar-refractivity contribution in [1.29, 1.82) is 0 Å². The van der Waals surface area contributed by atoms with Crippen LogP contribution >= 0.6 is 11.8 Å². The zero-order chi connectivity index (χ0) is 23.2. The van der Waals surface area contributed by atoms with E-state index < -0.39 is 0 Å².